The van der Waals surface area contributed by atoms with Crippen molar-refractivity contribution in [2.24, 2.45) is 0 Å². The Morgan fingerprint density at radius 2 is 1.90 bits per heavy atom. The molecule has 0 spiro atoms. The Labute approximate surface area is 120 Å². The van der Waals surface area contributed by atoms with Crippen molar-refractivity contribution in [3.63, 3.8) is 0 Å². The molecule has 6 heteroatoms. The third kappa shape index (κ3) is 3.71. The average Bonchev–Trinajstić information content (AvgIpc) is 2.34. The average molecular weight is 298 g/mol. The predicted octanol–water partition coefficient (Wildman–Crippen LogP) is 1.34. The summed E-state index contributed by atoms with van der Waals surface area (Å²) in [6.07, 6.45) is 3.41. The number of anilines is 1. The van der Waals surface area contributed by atoms with E-state index in [9.17, 15) is 8.42 Å². The van der Waals surface area contributed by atoms with Crippen LogP contribution in [0.5, 0.6) is 0 Å². The summed E-state index contributed by atoms with van der Waals surface area (Å²) in [6, 6.07) is 7.04. The van der Waals surface area contributed by atoms with Crippen LogP contribution in [0.3, 0.4) is 0 Å². The first-order valence-electron chi connectivity index (χ1n) is 6.98. The zero-order valence-corrected chi connectivity index (χ0v) is 12.3. The van der Waals surface area contributed by atoms with Crippen molar-refractivity contribution in [2.75, 3.05) is 18.9 Å². The van der Waals surface area contributed by atoms with Gasteiger partial charge in [0.1, 0.15) is 0 Å². The zero-order chi connectivity index (χ0) is 14.6. The first-order valence-corrected chi connectivity index (χ1v) is 8.58. The number of aliphatic hydroxyl groups is 1. The summed E-state index contributed by atoms with van der Waals surface area (Å²) in [4.78, 5) is 0. The number of rotatable bonds is 7. The van der Waals surface area contributed by atoms with Gasteiger partial charge in [-0.05, 0) is 37.0 Å². The number of sulfonamides is 1. The van der Waals surface area contributed by atoms with E-state index in [4.69, 9.17) is 10.8 Å². The smallest absolute Gasteiger partial charge is 0.218 e. The second-order valence-electron chi connectivity index (χ2n) is 5.27. The molecule has 0 unspecified atom stereocenters. The summed E-state index contributed by atoms with van der Waals surface area (Å²) >= 11 is 0. The van der Waals surface area contributed by atoms with Crippen LogP contribution in [-0.4, -0.2) is 37.0 Å². The normalized spacial score (nSPS) is 16.3. The van der Waals surface area contributed by atoms with E-state index < -0.39 is 10.0 Å². The minimum Gasteiger partial charge on any atom is -0.399 e. The summed E-state index contributed by atoms with van der Waals surface area (Å²) < 4.78 is 26.6. The number of nitrogens with two attached hydrogens (primary N) is 1. The van der Waals surface area contributed by atoms with Gasteiger partial charge >= 0.3 is 0 Å². The molecular formula is C14H22N2O3S. The van der Waals surface area contributed by atoms with E-state index in [1.165, 1.54) is 0 Å². The molecule has 0 heterocycles. The number of hydrogen-bond donors (Lipinski definition) is 2. The van der Waals surface area contributed by atoms with Gasteiger partial charge < -0.3 is 10.8 Å². The molecule has 5 nitrogen and oxygen atoms in total. The van der Waals surface area contributed by atoms with E-state index in [0.29, 0.717) is 18.7 Å². The van der Waals surface area contributed by atoms with Crippen molar-refractivity contribution in [3.05, 3.63) is 29.8 Å². The van der Waals surface area contributed by atoms with Crippen molar-refractivity contribution in [3.8, 4) is 0 Å². The second-order valence-corrected chi connectivity index (χ2v) is 7.19. The fraction of sp³-hybridized carbons (Fsp3) is 0.571. The molecule has 0 atom stereocenters. The molecule has 1 aromatic rings. The minimum absolute atomic E-state index is 0.00475. The van der Waals surface area contributed by atoms with E-state index in [2.05, 4.69) is 0 Å². The van der Waals surface area contributed by atoms with Crippen LogP contribution in [-0.2, 0) is 15.8 Å². The van der Waals surface area contributed by atoms with Gasteiger partial charge in [0.05, 0.1) is 5.75 Å². The number of nitrogens with zero attached hydrogens (tertiary/aromatic N) is 1. The molecule has 0 amide bonds. The third-order valence-electron chi connectivity index (χ3n) is 3.70. The van der Waals surface area contributed by atoms with Gasteiger partial charge in [-0.25, -0.2) is 8.42 Å². The Morgan fingerprint density at radius 1 is 1.25 bits per heavy atom. The molecule has 1 fully saturated rings. The van der Waals surface area contributed by atoms with Crippen molar-refractivity contribution in [1.29, 1.82) is 0 Å². The second kappa shape index (κ2) is 6.56. The van der Waals surface area contributed by atoms with E-state index >= 15 is 0 Å². The van der Waals surface area contributed by atoms with Crippen LogP contribution >= 0.6 is 0 Å². The first-order chi connectivity index (χ1) is 9.53. The Balaban J connectivity index is 2.10. The molecule has 20 heavy (non-hydrogen) atoms. The van der Waals surface area contributed by atoms with E-state index in [-0.39, 0.29) is 18.4 Å². The van der Waals surface area contributed by atoms with Crippen molar-refractivity contribution >= 4 is 15.7 Å². The van der Waals surface area contributed by atoms with Crippen LogP contribution < -0.4 is 5.73 Å². The van der Waals surface area contributed by atoms with Gasteiger partial charge in [0, 0.05) is 24.9 Å². The Hall–Kier alpha value is -1.11. The van der Waals surface area contributed by atoms with E-state index in [0.717, 1.165) is 24.8 Å². The summed E-state index contributed by atoms with van der Waals surface area (Å²) in [5.41, 5.74) is 6.98. The Morgan fingerprint density at radius 3 is 2.40 bits per heavy atom. The van der Waals surface area contributed by atoms with Crippen LogP contribution in [0.25, 0.3) is 0 Å². The van der Waals surface area contributed by atoms with Crippen molar-refractivity contribution in [1.82, 2.24) is 4.31 Å². The highest BCUT2D eigenvalue weighted by atomic mass is 32.2. The van der Waals surface area contributed by atoms with Gasteiger partial charge in [0.2, 0.25) is 10.0 Å². The fourth-order valence-electron chi connectivity index (χ4n) is 2.36. The summed E-state index contributed by atoms with van der Waals surface area (Å²) in [6.45, 7) is 0.416. The van der Waals surface area contributed by atoms with Gasteiger partial charge in [-0.1, -0.05) is 18.6 Å². The lowest BCUT2D eigenvalue weighted by Gasteiger charge is -2.36. The summed E-state index contributed by atoms with van der Waals surface area (Å²) in [5, 5.41) is 8.94. The van der Waals surface area contributed by atoms with E-state index in [1.54, 1.807) is 28.6 Å². The SMILES string of the molecule is Nc1ccc(CS(=O)(=O)N(CCCO)C2CCC2)cc1. The van der Waals surface area contributed by atoms with E-state index in [1.807, 2.05) is 0 Å². The van der Waals surface area contributed by atoms with Crippen LogP contribution in [0.15, 0.2) is 24.3 Å². The fourth-order valence-corrected chi connectivity index (χ4v) is 4.21. The summed E-state index contributed by atoms with van der Waals surface area (Å²) in [5.74, 6) is -0.00475. The molecule has 2 rings (SSSR count). The van der Waals surface area contributed by atoms with Crippen molar-refractivity contribution in [2.45, 2.75) is 37.5 Å². The monoisotopic (exact) mass is 298 g/mol. The number of benzene rings is 1. The topological polar surface area (TPSA) is 83.6 Å². The van der Waals surface area contributed by atoms with Crippen LogP contribution in [0.2, 0.25) is 0 Å². The molecule has 0 bridgehead atoms. The maximum absolute atomic E-state index is 12.5. The van der Waals surface area contributed by atoms with Crippen LogP contribution in [0.4, 0.5) is 5.69 Å². The molecule has 3 N–H and O–H groups in total. The highest BCUT2D eigenvalue weighted by Crippen LogP contribution is 2.28. The third-order valence-corrected chi connectivity index (χ3v) is 5.60. The van der Waals surface area contributed by atoms with Gasteiger partial charge in [-0.15, -0.1) is 0 Å². The Kier molecular flexibility index (Phi) is 5.01. The lowest BCUT2D eigenvalue weighted by atomic mass is 9.93. The number of aliphatic hydroxyl groups excluding tert-OH is 1. The quantitative estimate of drug-likeness (QED) is 0.744. The lowest BCUT2D eigenvalue weighted by molar-refractivity contribution is 0.198. The molecule has 1 saturated carbocycles. The molecule has 0 aromatic heterocycles. The lowest BCUT2D eigenvalue weighted by Crippen LogP contribution is -2.45. The van der Waals surface area contributed by atoms with Crippen LogP contribution in [0, 0.1) is 0 Å². The van der Waals surface area contributed by atoms with Crippen LogP contribution in [0.1, 0.15) is 31.2 Å². The maximum atomic E-state index is 12.5. The van der Waals surface area contributed by atoms with Gasteiger partial charge in [0.25, 0.3) is 0 Å². The highest BCUT2D eigenvalue weighted by Gasteiger charge is 2.33. The van der Waals surface area contributed by atoms with Gasteiger partial charge in [0.15, 0.2) is 0 Å². The molecular weight excluding hydrogens is 276 g/mol. The Bertz CT molecular complexity index is 524. The molecule has 1 aliphatic rings. The standard InChI is InChI=1S/C14H22N2O3S/c15-13-7-5-12(6-8-13)11-20(18,19)16(9-2-10-17)14-3-1-4-14/h5-8,14,17H,1-4,9-11,15H2. The first kappa shape index (κ1) is 15.3. The maximum Gasteiger partial charge on any atom is 0.218 e. The highest BCUT2D eigenvalue weighted by molar-refractivity contribution is 7.88. The van der Waals surface area contributed by atoms with Crippen molar-refractivity contribution < 1.29 is 13.5 Å². The molecule has 1 aromatic carbocycles. The molecule has 0 aliphatic heterocycles. The summed E-state index contributed by atoms with van der Waals surface area (Å²) in [7, 11) is -3.34. The molecule has 1 aliphatic carbocycles. The molecule has 0 radical (unpaired) electrons. The van der Waals surface area contributed by atoms with Gasteiger partial charge in [-0.3, -0.25) is 0 Å². The minimum atomic E-state index is -3.34. The molecule has 112 valence electrons. The zero-order valence-electron chi connectivity index (χ0n) is 11.5. The molecule has 0 saturated heterocycles. The number of hydrogen-bond acceptors (Lipinski definition) is 4. The predicted molar refractivity (Wildman–Crippen MR) is 79.5 cm³/mol. The number of nitrogen functional groups attached to an aromatic ring is 1. The van der Waals surface area contributed by atoms with Gasteiger partial charge in [-0.2, -0.15) is 4.31 Å². The largest absolute Gasteiger partial charge is 0.399 e.